The topological polar surface area (TPSA) is 49.1 Å². The first-order valence-electron chi connectivity index (χ1n) is 7.72. The molecule has 1 aromatic carbocycles. The normalized spacial score (nSPS) is 16.0. The number of hydrogen-bond acceptors (Lipinski definition) is 4. The fraction of sp³-hybridized carbons (Fsp3) is 0.444. The third-order valence-electron chi connectivity index (χ3n) is 4.49. The first-order chi connectivity index (χ1) is 10.6. The Morgan fingerprint density at radius 1 is 1.27 bits per heavy atom. The maximum Gasteiger partial charge on any atom is 0.103 e. The number of pyridine rings is 1. The zero-order chi connectivity index (χ0) is 15.7. The molecule has 0 aliphatic carbocycles. The lowest BCUT2D eigenvalue weighted by molar-refractivity contribution is 0.0819. The van der Waals surface area contributed by atoms with E-state index in [1.54, 1.807) is 13.3 Å². The number of aryl methyl sites for hydroxylation is 2. The van der Waals surface area contributed by atoms with Gasteiger partial charge in [-0.2, -0.15) is 5.26 Å². The average molecular weight is 295 g/mol. The maximum atomic E-state index is 9.50. The van der Waals surface area contributed by atoms with Crippen LogP contribution in [0.4, 0.5) is 5.69 Å². The smallest absolute Gasteiger partial charge is 0.103 e. The molecule has 0 saturated carbocycles. The summed E-state index contributed by atoms with van der Waals surface area (Å²) >= 11 is 0. The van der Waals surface area contributed by atoms with Gasteiger partial charge in [-0.25, -0.2) is 0 Å². The molecule has 0 N–H and O–H groups in total. The van der Waals surface area contributed by atoms with Crippen molar-refractivity contribution >= 4 is 16.6 Å². The molecule has 0 unspecified atom stereocenters. The fourth-order valence-corrected chi connectivity index (χ4v) is 3.38. The van der Waals surface area contributed by atoms with E-state index in [-0.39, 0.29) is 0 Å². The molecule has 3 rings (SSSR count). The summed E-state index contributed by atoms with van der Waals surface area (Å²) in [6.07, 6.45) is 4.03. The standard InChI is InChI=1S/C18H21N3O/c1-12-8-13(2)17-16(9-12)18(14(10-19)11-20-17)21-6-4-15(22-3)5-7-21/h8-9,11,15H,4-7H2,1-3H3. The number of aromatic nitrogens is 1. The van der Waals surface area contributed by atoms with E-state index in [1.165, 1.54) is 5.56 Å². The van der Waals surface area contributed by atoms with E-state index in [2.05, 4.69) is 41.9 Å². The van der Waals surface area contributed by atoms with E-state index in [0.717, 1.165) is 48.1 Å². The van der Waals surface area contributed by atoms with Crippen LogP contribution >= 0.6 is 0 Å². The van der Waals surface area contributed by atoms with Gasteiger partial charge in [-0.1, -0.05) is 11.6 Å². The van der Waals surface area contributed by atoms with Gasteiger partial charge in [0.1, 0.15) is 6.07 Å². The molecule has 1 aromatic heterocycles. The SMILES string of the molecule is COC1CCN(c2c(C#N)cnc3c(C)cc(C)cc23)CC1. The Hall–Kier alpha value is -2.12. The van der Waals surface area contributed by atoms with Crippen LogP contribution in [0.15, 0.2) is 18.3 Å². The second-order valence-electron chi connectivity index (χ2n) is 6.03. The molecule has 4 nitrogen and oxygen atoms in total. The largest absolute Gasteiger partial charge is 0.381 e. The van der Waals surface area contributed by atoms with Gasteiger partial charge in [-0.3, -0.25) is 4.98 Å². The highest BCUT2D eigenvalue weighted by Crippen LogP contribution is 2.33. The lowest BCUT2D eigenvalue weighted by Gasteiger charge is -2.34. The van der Waals surface area contributed by atoms with Crippen molar-refractivity contribution in [1.82, 2.24) is 4.98 Å². The van der Waals surface area contributed by atoms with Crippen molar-refractivity contribution in [1.29, 1.82) is 5.26 Å². The van der Waals surface area contributed by atoms with E-state index in [0.29, 0.717) is 11.7 Å². The number of rotatable bonds is 2. The Kier molecular flexibility index (Phi) is 4.00. The van der Waals surface area contributed by atoms with Crippen LogP contribution in [0, 0.1) is 25.2 Å². The van der Waals surface area contributed by atoms with Crippen LogP contribution in [0.25, 0.3) is 10.9 Å². The number of anilines is 1. The highest BCUT2D eigenvalue weighted by molar-refractivity contribution is 5.96. The first-order valence-corrected chi connectivity index (χ1v) is 7.72. The van der Waals surface area contributed by atoms with Crippen molar-refractivity contribution < 1.29 is 4.74 Å². The Labute approximate surface area is 131 Å². The van der Waals surface area contributed by atoms with Crippen LogP contribution in [-0.2, 0) is 4.74 Å². The Morgan fingerprint density at radius 3 is 2.64 bits per heavy atom. The second kappa shape index (κ2) is 5.94. The van der Waals surface area contributed by atoms with Crippen molar-refractivity contribution in [3.05, 3.63) is 35.0 Å². The van der Waals surface area contributed by atoms with Gasteiger partial charge in [0.25, 0.3) is 0 Å². The van der Waals surface area contributed by atoms with E-state index in [9.17, 15) is 5.26 Å². The molecule has 1 fully saturated rings. The molecule has 0 atom stereocenters. The number of methoxy groups -OCH3 is 1. The van der Waals surface area contributed by atoms with Crippen molar-refractivity contribution in [2.75, 3.05) is 25.1 Å². The van der Waals surface area contributed by atoms with Crippen LogP contribution in [0.1, 0.15) is 29.5 Å². The highest BCUT2D eigenvalue weighted by Gasteiger charge is 2.23. The summed E-state index contributed by atoms with van der Waals surface area (Å²) in [4.78, 5) is 6.82. The number of hydrogen-bond donors (Lipinski definition) is 0. The zero-order valence-electron chi connectivity index (χ0n) is 13.4. The van der Waals surface area contributed by atoms with Crippen molar-refractivity contribution in [3.63, 3.8) is 0 Å². The third-order valence-corrected chi connectivity index (χ3v) is 4.49. The van der Waals surface area contributed by atoms with Crippen LogP contribution < -0.4 is 4.90 Å². The molecule has 1 aliphatic rings. The van der Waals surface area contributed by atoms with E-state index in [4.69, 9.17) is 4.74 Å². The van der Waals surface area contributed by atoms with Gasteiger partial charge in [0, 0.05) is 31.8 Å². The third kappa shape index (κ3) is 2.53. The molecule has 0 amide bonds. The lowest BCUT2D eigenvalue weighted by atomic mass is 10.0. The summed E-state index contributed by atoms with van der Waals surface area (Å²) in [6, 6.07) is 6.60. The van der Waals surface area contributed by atoms with Gasteiger partial charge in [0.2, 0.25) is 0 Å². The minimum Gasteiger partial charge on any atom is -0.381 e. The van der Waals surface area contributed by atoms with Gasteiger partial charge in [-0.05, 0) is 38.3 Å². The summed E-state index contributed by atoms with van der Waals surface area (Å²) in [7, 11) is 1.77. The number of nitriles is 1. The molecular weight excluding hydrogens is 274 g/mol. The molecule has 2 aromatic rings. The van der Waals surface area contributed by atoms with Crippen LogP contribution in [0.3, 0.4) is 0 Å². The Morgan fingerprint density at radius 2 is 2.00 bits per heavy atom. The summed E-state index contributed by atoms with van der Waals surface area (Å²) in [5.74, 6) is 0. The van der Waals surface area contributed by atoms with Crippen molar-refractivity contribution in [2.45, 2.75) is 32.8 Å². The lowest BCUT2D eigenvalue weighted by Crippen LogP contribution is -2.37. The molecule has 22 heavy (non-hydrogen) atoms. The van der Waals surface area contributed by atoms with Crippen LogP contribution in [0.2, 0.25) is 0 Å². The number of benzene rings is 1. The summed E-state index contributed by atoms with van der Waals surface area (Å²) in [6.45, 7) is 6.00. The monoisotopic (exact) mass is 295 g/mol. The zero-order valence-corrected chi connectivity index (χ0v) is 13.4. The summed E-state index contributed by atoms with van der Waals surface area (Å²) in [5, 5.41) is 10.6. The molecule has 0 radical (unpaired) electrons. The minimum atomic E-state index is 0.332. The highest BCUT2D eigenvalue weighted by atomic mass is 16.5. The van der Waals surface area contributed by atoms with Gasteiger partial charge in [0.05, 0.1) is 22.9 Å². The Bertz CT molecular complexity index is 740. The predicted molar refractivity (Wildman–Crippen MR) is 88.2 cm³/mol. The molecule has 0 bridgehead atoms. The van der Waals surface area contributed by atoms with E-state index < -0.39 is 0 Å². The first kappa shape index (κ1) is 14.8. The fourth-order valence-electron chi connectivity index (χ4n) is 3.38. The van der Waals surface area contributed by atoms with E-state index >= 15 is 0 Å². The predicted octanol–water partition coefficient (Wildman–Crippen LogP) is 3.34. The number of piperidine rings is 1. The molecule has 114 valence electrons. The van der Waals surface area contributed by atoms with Gasteiger partial charge >= 0.3 is 0 Å². The quantitative estimate of drug-likeness (QED) is 0.852. The molecule has 4 heteroatoms. The number of nitrogens with zero attached hydrogens (tertiary/aromatic N) is 3. The van der Waals surface area contributed by atoms with Crippen LogP contribution in [0.5, 0.6) is 0 Å². The van der Waals surface area contributed by atoms with Crippen molar-refractivity contribution in [2.24, 2.45) is 0 Å². The molecule has 0 spiro atoms. The van der Waals surface area contributed by atoms with Crippen LogP contribution in [-0.4, -0.2) is 31.3 Å². The Balaban J connectivity index is 2.13. The maximum absolute atomic E-state index is 9.50. The number of fused-ring (bicyclic) bond motifs is 1. The average Bonchev–Trinajstić information content (AvgIpc) is 2.53. The van der Waals surface area contributed by atoms with Crippen molar-refractivity contribution in [3.8, 4) is 6.07 Å². The molecule has 1 aliphatic heterocycles. The number of ether oxygens (including phenoxy) is 1. The molecule has 2 heterocycles. The van der Waals surface area contributed by atoms with Gasteiger partial charge in [-0.15, -0.1) is 0 Å². The van der Waals surface area contributed by atoms with Gasteiger partial charge in [0.15, 0.2) is 0 Å². The molecule has 1 saturated heterocycles. The molecular formula is C18H21N3O. The summed E-state index contributed by atoms with van der Waals surface area (Å²) in [5.41, 5.74) is 5.05. The second-order valence-corrected chi connectivity index (χ2v) is 6.03. The van der Waals surface area contributed by atoms with E-state index in [1.807, 2.05) is 0 Å². The van der Waals surface area contributed by atoms with Gasteiger partial charge < -0.3 is 9.64 Å². The minimum absolute atomic E-state index is 0.332. The summed E-state index contributed by atoms with van der Waals surface area (Å²) < 4.78 is 5.45.